The van der Waals surface area contributed by atoms with Crippen LogP contribution in [0.25, 0.3) is 0 Å². The highest BCUT2D eigenvalue weighted by Crippen LogP contribution is 2.28. The van der Waals surface area contributed by atoms with Gasteiger partial charge in [-0.15, -0.1) is 0 Å². The van der Waals surface area contributed by atoms with Gasteiger partial charge in [0, 0.05) is 12.6 Å². The standard InChI is InChI=1S/C17H26N4O4/c1-12(2)16(20-8-4-5-9-20)11-18-17(22)19-14-7-6-13(25-3)10-15(14)21(23)24/h6-7,10,12,16H,4-5,8-9,11H2,1-3H3,(H2,18,19,22)/t16-/m0/s1. The average Bonchev–Trinajstić information content (AvgIpc) is 3.09. The predicted molar refractivity (Wildman–Crippen MR) is 96.1 cm³/mol. The molecule has 2 amide bonds. The molecule has 1 aromatic carbocycles. The Hall–Kier alpha value is -2.35. The molecule has 0 saturated carbocycles. The minimum Gasteiger partial charge on any atom is -0.496 e. The number of amides is 2. The van der Waals surface area contributed by atoms with Crippen molar-refractivity contribution in [2.45, 2.75) is 32.7 Å². The molecule has 0 spiro atoms. The quantitative estimate of drug-likeness (QED) is 0.582. The zero-order valence-electron chi connectivity index (χ0n) is 14.9. The van der Waals surface area contributed by atoms with Crippen LogP contribution in [-0.4, -0.2) is 48.6 Å². The number of methoxy groups -OCH3 is 1. The maximum absolute atomic E-state index is 12.2. The summed E-state index contributed by atoms with van der Waals surface area (Å²) in [6.07, 6.45) is 2.38. The van der Waals surface area contributed by atoms with Gasteiger partial charge in [-0.3, -0.25) is 15.0 Å². The number of nitrogens with one attached hydrogen (secondary N) is 2. The van der Waals surface area contributed by atoms with E-state index in [-0.39, 0.29) is 17.4 Å². The van der Waals surface area contributed by atoms with E-state index in [0.717, 1.165) is 13.1 Å². The van der Waals surface area contributed by atoms with Gasteiger partial charge >= 0.3 is 6.03 Å². The number of anilines is 1. The summed E-state index contributed by atoms with van der Waals surface area (Å²) in [7, 11) is 1.43. The van der Waals surface area contributed by atoms with Crippen molar-refractivity contribution in [3.63, 3.8) is 0 Å². The Kier molecular flexibility index (Phi) is 6.58. The number of likely N-dealkylation sites (tertiary alicyclic amines) is 1. The first-order valence-electron chi connectivity index (χ1n) is 8.53. The number of nitro groups is 1. The SMILES string of the molecule is COc1ccc(NC(=O)NC[C@@H](C(C)C)N2CCCC2)c([N+](=O)[O-])c1. The van der Waals surface area contributed by atoms with Crippen molar-refractivity contribution in [3.05, 3.63) is 28.3 Å². The highest BCUT2D eigenvalue weighted by Gasteiger charge is 2.25. The Morgan fingerprint density at radius 3 is 2.60 bits per heavy atom. The normalized spacial score (nSPS) is 15.8. The Morgan fingerprint density at radius 1 is 1.36 bits per heavy atom. The van der Waals surface area contributed by atoms with Gasteiger partial charge in [0.2, 0.25) is 0 Å². The lowest BCUT2D eigenvalue weighted by molar-refractivity contribution is -0.384. The molecule has 1 saturated heterocycles. The molecular weight excluding hydrogens is 324 g/mol. The Morgan fingerprint density at radius 2 is 2.04 bits per heavy atom. The molecule has 0 aliphatic carbocycles. The van der Waals surface area contributed by atoms with Gasteiger partial charge in [-0.1, -0.05) is 13.8 Å². The van der Waals surface area contributed by atoms with Crippen LogP contribution in [0.5, 0.6) is 5.75 Å². The lowest BCUT2D eigenvalue weighted by atomic mass is 10.0. The molecule has 0 radical (unpaired) electrons. The van der Waals surface area contributed by atoms with Crippen molar-refractivity contribution >= 4 is 17.4 Å². The van der Waals surface area contributed by atoms with E-state index >= 15 is 0 Å². The molecule has 1 fully saturated rings. The molecule has 1 atom stereocenters. The number of rotatable bonds is 7. The maximum atomic E-state index is 12.2. The molecule has 2 rings (SSSR count). The van der Waals surface area contributed by atoms with E-state index < -0.39 is 11.0 Å². The van der Waals surface area contributed by atoms with Gasteiger partial charge in [-0.25, -0.2) is 4.79 Å². The van der Waals surface area contributed by atoms with Crippen molar-refractivity contribution in [2.24, 2.45) is 5.92 Å². The molecule has 1 aliphatic rings. The lowest BCUT2D eigenvalue weighted by Gasteiger charge is -2.30. The maximum Gasteiger partial charge on any atom is 0.319 e. The summed E-state index contributed by atoms with van der Waals surface area (Å²) in [5.74, 6) is 0.778. The number of hydrogen-bond donors (Lipinski definition) is 2. The molecule has 2 N–H and O–H groups in total. The topological polar surface area (TPSA) is 96.7 Å². The molecule has 8 heteroatoms. The van der Waals surface area contributed by atoms with Gasteiger partial charge < -0.3 is 15.4 Å². The summed E-state index contributed by atoms with van der Waals surface area (Å²) < 4.78 is 4.99. The van der Waals surface area contributed by atoms with Crippen molar-refractivity contribution < 1.29 is 14.5 Å². The fourth-order valence-electron chi connectivity index (χ4n) is 3.12. The van der Waals surface area contributed by atoms with Crippen molar-refractivity contribution in [1.82, 2.24) is 10.2 Å². The fraction of sp³-hybridized carbons (Fsp3) is 0.588. The van der Waals surface area contributed by atoms with Crippen LogP contribution in [-0.2, 0) is 0 Å². The number of benzene rings is 1. The minimum absolute atomic E-state index is 0.144. The van der Waals surface area contributed by atoms with Gasteiger partial charge in [-0.05, 0) is 44.0 Å². The van der Waals surface area contributed by atoms with Gasteiger partial charge in [0.05, 0.1) is 18.1 Å². The molecule has 1 heterocycles. The third-order valence-corrected chi connectivity index (χ3v) is 4.50. The highest BCUT2D eigenvalue weighted by atomic mass is 16.6. The Labute approximate surface area is 147 Å². The van der Waals surface area contributed by atoms with Crippen LogP contribution in [0, 0.1) is 16.0 Å². The van der Waals surface area contributed by atoms with Crippen molar-refractivity contribution in [2.75, 3.05) is 32.1 Å². The van der Waals surface area contributed by atoms with E-state index in [1.807, 2.05) is 0 Å². The molecule has 138 valence electrons. The summed E-state index contributed by atoms with van der Waals surface area (Å²) in [6, 6.07) is 4.15. The molecule has 25 heavy (non-hydrogen) atoms. The van der Waals surface area contributed by atoms with Crippen LogP contribution in [0.1, 0.15) is 26.7 Å². The lowest BCUT2D eigenvalue weighted by Crippen LogP contribution is -2.46. The summed E-state index contributed by atoms with van der Waals surface area (Å²) in [6.45, 7) is 6.88. The van der Waals surface area contributed by atoms with Crippen molar-refractivity contribution in [1.29, 1.82) is 0 Å². The third-order valence-electron chi connectivity index (χ3n) is 4.50. The number of urea groups is 1. The van der Waals surface area contributed by atoms with E-state index in [9.17, 15) is 14.9 Å². The van der Waals surface area contributed by atoms with Crippen LogP contribution < -0.4 is 15.4 Å². The molecule has 1 aromatic rings. The van der Waals surface area contributed by atoms with E-state index in [2.05, 4.69) is 29.4 Å². The summed E-state index contributed by atoms with van der Waals surface area (Å²) in [5, 5.41) is 16.6. The molecule has 0 bridgehead atoms. The Balaban J connectivity index is 1.98. The number of carbonyl (C=O) groups excluding carboxylic acids is 1. The Bertz CT molecular complexity index is 615. The molecule has 0 unspecified atom stereocenters. The number of nitro benzene ring substituents is 1. The van der Waals surface area contributed by atoms with Crippen LogP contribution in [0.4, 0.5) is 16.2 Å². The first-order valence-corrected chi connectivity index (χ1v) is 8.53. The zero-order valence-corrected chi connectivity index (χ0v) is 14.9. The second kappa shape index (κ2) is 8.66. The second-order valence-electron chi connectivity index (χ2n) is 6.53. The molecule has 1 aliphatic heterocycles. The van der Waals surface area contributed by atoms with E-state index in [1.165, 1.54) is 32.1 Å². The average molecular weight is 350 g/mol. The van der Waals surface area contributed by atoms with Crippen molar-refractivity contribution in [3.8, 4) is 5.75 Å². The monoisotopic (exact) mass is 350 g/mol. The number of hydrogen-bond acceptors (Lipinski definition) is 5. The van der Waals surface area contributed by atoms with E-state index in [4.69, 9.17) is 4.74 Å². The summed E-state index contributed by atoms with van der Waals surface area (Å²) in [5.41, 5.74) is -0.0555. The number of ether oxygens (including phenoxy) is 1. The molecule has 0 aromatic heterocycles. The summed E-state index contributed by atoms with van der Waals surface area (Å²) >= 11 is 0. The molecular formula is C17H26N4O4. The van der Waals surface area contributed by atoms with Gasteiger partial charge in [0.25, 0.3) is 5.69 Å². The van der Waals surface area contributed by atoms with Gasteiger partial charge in [0.1, 0.15) is 11.4 Å². The predicted octanol–water partition coefficient (Wildman–Crippen LogP) is 2.85. The van der Waals surface area contributed by atoms with Crippen LogP contribution in [0.2, 0.25) is 0 Å². The number of carbonyl (C=O) groups is 1. The van der Waals surface area contributed by atoms with Gasteiger partial charge in [-0.2, -0.15) is 0 Å². The zero-order chi connectivity index (χ0) is 18.4. The van der Waals surface area contributed by atoms with Crippen LogP contribution in [0.15, 0.2) is 18.2 Å². The third kappa shape index (κ3) is 5.06. The van der Waals surface area contributed by atoms with Gasteiger partial charge in [0.15, 0.2) is 0 Å². The first-order chi connectivity index (χ1) is 11.9. The van der Waals surface area contributed by atoms with Crippen LogP contribution in [0.3, 0.4) is 0 Å². The summed E-state index contributed by atoms with van der Waals surface area (Å²) in [4.78, 5) is 25.2. The minimum atomic E-state index is -0.542. The first kappa shape index (κ1) is 19.0. The number of nitrogens with zero attached hydrogens (tertiary/aromatic N) is 2. The van der Waals surface area contributed by atoms with E-state index in [0.29, 0.717) is 18.2 Å². The largest absolute Gasteiger partial charge is 0.496 e. The smallest absolute Gasteiger partial charge is 0.319 e. The molecule has 8 nitrogen and oxygen atoms in total. The highest BCUT2D eigenvalue weighted by molar-refractivity contribution is 5.92. The second-order valence-corrected chi connectivity index (χ2v) is 6.53. The van der Waals surface area contributed by atoms with Crippen LogP contribution >= 0.6 is 0 Å². The fourth-order valence-corrected chi connectivity index (χ4v) is 3.12. The van der Waals surface area contributed by atoms with E-state index in [1.54, 1.807) is 6.07 Å².